The van der Waals surface area contributed by atoms with E-state index in [4.69, 9.17) is 4.98 Å². The zero-order chi connectivity index (χ0) is 13.5. The fourth-order valence-corrected chi connectivity index (χ4v) is 4.80. The van der Waals surface area contributed by atoms with Gasteiger partial charge < -0.3 is 5.32 Å². The molecule has 2 fully saturated rings. The normalized spacial score (nSPS) is 31.9. The van der Waals surface area contributed by atoms with E-state index < -0.39 is 0 Å². The maximum absolute atomic E-state index is 4.83. The second kappa shape index (κ2) is 5.17. The van der Waals surface area contributed by atoms with Crippen LogP contribution >= 0.6 is 11.3 Å². The van der Waals surface area contributed by atoms with E-state index >= 15 is 0 Å². The molecule has 1 aromatic heterocycles. The van der Waals surface area contributed by atoms with E-state index in [0.717, 1.165) is 11.8 Å². The smallest absolute Gasteiger partial charge is 0.113 e. The Morgan fingerprint density at radius 3 is 2.68 bits per heavy atom. The number of aryl methyl sites for hydroxylation is 1. The summed E-state index contributed by atoms with van der Waals surface area (Å²) in [6, 6.07) is 0.530. The molecule has 0 spiro atoms. The van der Waals surface area contributed by atoms with Crippen molar-refractivity contribution in [2.75, 3.05) is 0 Å². The molecule has 2 unspecified atom stereocenters. The van der Waals surface area contributed by atoms with Crippen LogP contribution in [-0.4, -0.2) is 11.0 Å². The van der Waals surface area contributed by atoms with Gasteiger partial charge >= 0.3 is 0 Å². The van der Waals surface area contributed by atoms with Crippen molar-refractivity contribution in [2.45, 2.75) is 70.9 Å². The lowest BCUT2D eigenvalue weighted by molar-refractivity contribution is 0.153. The molecule has 1 heterocycles. The minimum absolute atomic E-state index is 0.165. The molecule has 3 heteroatoms. The van der Waals surface area contributed by atoms with Gasteiger partial charge in [0.15, 0.2) is 0 Å². The van der Waals surface area contributed by atoms with E-state index in [2.05, 4.69) is 31.5 Å². The lowest BCUT2D eigenvalue weighted by Crippen LogP contribution is -2.49. The Balaban J connectivity index is 1.86. The van der Waals surface area contributed by atoms with Gasteiger partial charge in [0.1, 0.15) is 5.01 Å². The number of rotatable bonds is 4. The Bertz CT molecular complexity index is 436. The van der Waals surface area contributed by atoms with E-state index in [-0.39, 0.29) is 5.54 Å². The van der Waals surface area contributed by atoms with E-state index in [1.165, 1.54) is 49.2 Å². The monoisotopic (exact) mass is 278 g/mol. The molecule has 3 rings (SSSR count). The van der Waals surface area contributed by atoms with Gasteiger partial charge in [-0.15, -0.1) is 11.3 Å². The molecule has 0 aromatic carbocycles. The first-order valence-corrected chi connectivity index (χ1v) is 8.67. The predicted molar refractivity (Wildman–Crippen MR) is 81.5 cm³/mol. The second-order valence-electron chi connectivity index (χ2n) is 6.87. The number of thiazole rings is 1. The van der Waals surface area contributed by atoms with Crippen molar-refractivity contribution in [3.8, 4) is 0 Å². The van der Waals surface area contributed by atoms with E-state index in [9.17, 15) is 0 Å². The Labute approximate surface area is 121 Å². The molecule has 106 valence electrons. The molecule has 2 aliphatic rings. The number of aromatic nitrogens is 1. The summed E-state index contributed by atoms with van der Waals surface area (Å²) >= 11 is 1.86. The molecule has 1 aromatic rings. The first kappa shape index (κ1) is 13.6. The summed E-state index contributed by atoms with van der Waals surface area (Å²) in [6.07, 6.45) is 8.32. The standard InChI is InChI=1S/C16H26N2S/c1-11(2)18-16(15-17-12(3)10-19-15)8-4-5-14(9-16)13-6-7-13/h10-11,13-14,18H,4-9H2,1-3H3. The summed E-state index contributed by atoms with van der Waals surface area (Å²) in [5.41, 5.74) is 1.34. The van der Waals surface area contributed by atoms with E-state index in [1.54, 1.807) is 0 Å². The molecule has 2 saturated carbocycles. The zero-order valence-electron chi connectivity index (χ0n) is 12.4. The highest BCUT2D eigenvalue weighted by molar-refractivity contribution is 7.09. The molecule has 2 nitrogen and oxygen atoms in total. The maximum atomic E-state index is 4.83. The van der Waals surface area contributed by atoms with Gasteiger partial charge in [0.25, 0.3) is 0 Å². The minimum atomic E-state index is 0.165. The van der Waals surface area contributed by atoms with Crippen LogP contribution in [0.4, 0.5) is 0 Å². The fourth-order valence-electron chi connectivity index (χ4n) is 3.80. The van der Waals surface area contributed by atoms with E-state index in [1.807, 2.05) is 11.3 Å². The molecule has 2 atom stereocenters. The lowest BCUT2D eigenvalue weighted by atomic mass is 9.73. The van der Waals surface area contributed by atoms with Gasteiger partial charge in [-0.2, -0.15) is 0 Å². The molecule has 0 radical (unpaired) electrons. The average Bonchev–Trinajstić information content (AvgIpc) is 3.11. The Morgan fingerprint density at radius 1 is 1.32 bits per heavy atom. The Kier molecular flexibility index (Phi) is 3.69. The third-order valence-electron chi connectivity index (χ3n) is 4.67. The van der Waals surface area contributed by atoms with Gasteiger partial charge in [0.05, 0.1) is 5.54 Å². The highest BCUT2D eigenvalue weighted by Crippen LogP contribution is 2.50. The number of nitrogens with one attached hydrogen (secondary N) is 1. The van der Waals surface area contributed by atoms with Crippen molar-refractivity contribution in [1.29, 1.82) is 0 Å². The quantitative estimate of drug-likeness (QED) is 0.891. The first-order valence-electron chi connectivity index (χ1n) is 7.79. The third kappa shape index (κ3) is 2.87. The van der Waals surface area contributed by atoms with Gasteiger partial charge in [-0.1, -0.05) is 12.8 Å². The van der Waals surface area contributed by atoms with Gasteiger partial charge in [-0.05, 0) is 58.3 Å². The van der Waals surface area contributed by atoms with Gasteiger partial charge in [-0.3, -0.25) is 0 Å². The minimum Gasteiger partial charge on any atom is -0.303 e. The average molecular weight is 278 g/mol. The largest absolute Gasteiger partial charge is 0.303 e. The lowest BCUT2D eigenvalue weighted by Gasteiger charge is -2.42. The van der Waals surface area contributed by atoms with Gasteiger partial charge in [0.2, 0.25) is 0 Å². The van der Waals surface area contributed by atoms with Gasteiger partial charge in [0, 0.05) is 17.1 Å². The molecule has 19 heavy (non-hydrogen) atoms. The van der Waals surface area contributed by atoms with Crippen LogP contribution in [0.15, 0.2) is 5.38 Å². The van der Waals surface area contributed by atoms with E-state index in [0.29, 0.717) is 6.04 Å². The van der Waals surface area contributed by atoms with Crippen LogP contribution < -0.4 is 5.32 Å². The molecule has 0 amide bonds. The van der Waals surface area contributed by atoms with Crippen LogP contribution in [0.1, 0.15) is 63.1 Å². The van der Waals surface area contributed by atoms with Crippen molar-refractivity contribution in [1.82, 2.24) is 10.3 Å². The number of nitrogens with zero attached hydrogens (tertiary/aromatic N) is 1. The first-order chi connectivity index (χ1) is 9.09. The second-order valence-corrected chi connectivity index (χ2v) is 7.73. The summed E-state index contributed by atoms with van der Waals surface area (Å²) < 4.78 is 0. The maximum Gasteiger partial charge on any atom is 0.113 e. The Hall–Kier alpha value is -0.410. The van der Waals surface area contributed by atoms with Crippen molar-refractivity contribution in [3.05, 3.63) is 16.1 Å². The fraction of sp³-hybridized carbons (Fsp3) is 0.812. The van der Waals surface area contributed by atoms with Crippen molar-refractivity contribution >= 4 is 11.3 Å². The third-order valence-corrected chi connectivity index (χ3v) is 5.84. The molecule has 0 aliphatic heterocycles. The number of hydrogen-bond donors (Lipinski definition) is 1. The van der Waals surface area contributed by atoms with Crippen LogP contribution in [0.25, 0.3) is 0 Å². The summed E-state index contributed by atoms with van der Waals surface area (Å²) in [7, 11) is 0. The topological polar surface area (TPSA) is 24.9 Å². The zero-order valence-corrected chi connectivity index (χ0v) is 13.2. The van der Waals surface area contributed by atoms with Crippen LogP contribution in [0.5, 0.6) is 0 Å². The molecule has 0 bridgehead atoms. The number of hydrogen-bond acceptors (Lipinski definition) is 3. The van der Waals surface area contributed by atoms with Crippen LogP contribution in [0, 0.1) is 18.8 Å². The molecular formula is C16H26N2S. The van der Waals surface area contributed by atoms with Crippen molar-refractivity contribution < 1.29 is 0 Å². The highest BCUT2D eigenvalue weighted by atomic mass is 32.1. The summed E-state index contributed by atoms with van der Waals surface area (Å²) in [5.74, 6) is 1.96. The van der Waals surface area contributed by atoms with Crippen LogP contribution in [-0.2, 0) is 5.54 Å². The highest BCUT2D eigenvalue weighted by Gasteiger charge is 2.44. The van der Waals surface area contributed by atoms with Crippen LogP contribution in [0.3, 0.4) is 0 Å². The Morgan fingerprint density at radius 2 is 2.11 bits per heavy atom. The molecule has 2 aliphatic carbocycles. The predicted octanol–water partition coefficient (Wildman–Crippen LogP) is 4.25. The molecule has 0 saturated heterocycles. The van der Waals surface area contributed by atoms with Crippen molar-refractivity contribution in [3.63, 3.8) is 0 Å². The summed E-state index contributed by atoms with van der Waals surface area (Å²) in [5, 5.41) is 7.43. The van der Waals surface area contributed by atoms with Crippen LogP contribution in [0.2, 0.25) is 0 Å². The summed E-state index contributed by atoms with van der Waals surface area (Å²) in [4.78, 5) is 4.83. The SMILES string of the molecule is Cc1csc(C2(NC(C)C)CCCC(C3CC3)C2)n1. The molecule has 1 N–H and O–H groups in total. The summed E-state index contributed by atoms with van der Waals surface area (Å²) in [6.45, 7) is 6.65. The van der Waals surface area contributed by atoms with Gasteiger partial charge in [-0.25, -0.2) is 4.98 Å². The molecular weight excluding hydrogens is 252 g/mol. The van der Waals surface area contributed by atoms with Crippen molar-refractivity contribution in [2.24, 2.45) is 11.8 Å².